The van der Waals surface area contributed by atoms with Crippen LogP contribution in [0.3, 0.4) is 0 Å². The molecule has 24 heavy (non-hydrogen) atoms. The largest absolute Gasteiger partial charge is 0.416 e. The van der Waals surface area contributed by atoms with Crippen LogP contribution in [-0.4, -0.2) is 20.1 Å². The van der Waals surface area contributed by atoms with E-state index in [-0.39, 0.29) is 6.54 Å². The molecule has 8 heteroatoms. The third-order valence-electron chi connectivity index (χ3n) is 3.47. The van der Waals surface area contributed by atoms with Crippen LogP contribution in [-0.2, 0) is 21.8 Å². The number of nitrogens with one attached hydrogen (secondary N) is 1. The lowest BCUT2D eigenvalue weighted by atomic mass is 9.97. The number of hydrogen-bond acceptors (Lipinski definition) is 3. The highest BCUT2D eigenvalue weighted by Gasteiger charge is 2.32. The average Bonchev–Trinajstić information content (AvgIpc) is 2.53. The van der Waals surface area contributed by atoms with E-state index in [1.807, 2.05) is 0 Å². The van der Waals surface area contributed by atoms with E-state index in [1.54, 1.807) is 30.3 Å². The topological polar surface area (TPSA) is 66.4 Å². The minimum absolute atomic E-state index is 0.379. The van der Waals surface area contributed by atoms with Gasteiger partial charge in [-0.3, -0.25) is 0 Å². The number of alkyl halides is 3. The van der Waals surface area contributed by atoms with Gasteiger partial charge in [0.15, 0.2) is 0 Å². The van der Waals surface area contributed by atoms with Gasteiger partial charge in [0.1, 0.15) is 5.60 Å². The Morgan fingerprint density at radius 1 is 1.00 bits per heavy atom. The predicted molar refractivity (Wildman–Crippen MR) is 82.6 cm³/mol. The van der Waals surface area contributed by atoms with Crippen molar-refractivity contribution in [3.8, 4) is 0 Å². The number of aliphatic hydroxyl groups is 1. The molecule has 1 unspecified atom stereocenters. The molecule has 2 aromatic rings. The quantitative estimate of drug-likeness (QED) is 0.863. The van der Waals surface area contributed by atoms with Gasteiger partial charge in [0, 0.05) is 6.54 Å². The molecule has 0 aromatic heterocycles. The molecule has 0 aliphatic heterocycles. The fourth-order valence-corrected chi connectivity index (χ4v) is 3.24. The summed E-state index contributed by atoms with van der Waals surface area (Å²) < 4.78 is 64.6. The lowest BCUT2D eigenvalue weighted by molar-refractivity contribution is -0.137. The third kappa shape index (κ3) is 4.34. The van der Waals surface area contributed by atoms with Gasteiger partial charge in [-0.05, 0) is 30.7 Å². The first-order chi connectivity index (χ1) is 11.0. The number of halogens is 3. The molecule has 2 aromatic carbocycles. The van der Waals surface area contributed by atoms with Crippen molar-refractivity contribution < 1.29 is 26.7 Å². The second kappa shape index (κ2) is 6.54. The SMILES string of the molecule is CC(O)(CNS(=O)(=O)c1cccc(C(F)(F)F)c1)c1ccccc1. The summed E-state index contributed by atoms with van der Waals surface area (Å²) in [6.07, 6.45) is -4.64. The van der Waals surface area contributed by atoms with Gasteiger partial charge in [0.05, 0.1) is 10.5 Å². The van der Waals surface area contributed by atoms with Crippen molar-refractivity contribution in [2.24, 2.45) is 0 Å². The molecular weight excluding hydrogens is 343 g/mol. The first-order valence-electron chi connectivity index (χ1n) is 6.97. The first-order valence-corrected chi connectivity index (χ1v) is 8.45. The lowest BCUT2D eigenvalue weighted by Gasteiger charge is -2.24. The van der Waals surface area contributed by atoms with Crippen molar-refractivity contribution >= 4 is 10.0 Å². The van der Waals surface area contributed by atoms with Crippen molar-refractivity contribution in [3.05, 3.63) is 65.7 Å². The Morgan fingerprint density at radius 2 is 1.58 bits per heavy atom. The fraction of sp³-hybridized carbons (Fsp3) is 0.250. The molecule has 0 fully saturated rings. The van der Waals surface area contributed by atoms with E-state index in [1.165, 1.54) is 6.92 Å². The summed E-state index contributed by atoms with van der Waals surface area (Å²) >= 11 is 0. The maximum absolute atomic E-state index is 12.7. The van der Waals surface area contributed by atoms with Crippen LogP contribution in [0.1, 0.15) is 18.1 Å². The molecule has 1 atom stereocenters. The number of benzene rings is 2. The average molecular weight is 359 g/mol. The van der Waals surface area contributed by atoms with Gasteiger partial charge in [-0.25, -0.2) is 13.1 Å². The molecule has 0 aliphatic carbocycles. The normalized spacial score (nSPS) is 15.0. The van der Waals surface area contributed by atoms with E-state index >= 15 is 0 Å². The van der Waals surface area contributed by atoms with Gasteiger partial charge in [0.25, 0.3) is 0 Å². The van der Waals surface area contributed by atoms with Crippen LogP contribution in [0.5, 0.6) is 0 Å². The zero-order valence-electron chi connectivity index (χ0n) is 12.7. The third-order valence-corrected chi connectivity index (χ3v) is 4.87. The van der Waals surface area contributed by atoms with Crippen molar-refractivity contribution in [3.63, 3.8) is 0 Å². The number of sulfonamides is 1. The Labute approximate surface area is 138 Å². The first kappa shape index (κ1) is 18.4. The minimum atomic E-state index is -4.64. The molecule has 2 N–H and O–H groups in total. The van der Waals surface area contributed by atoms with E-state index in [0.29, 0.717) is 11.6 Å². The Kier molecular flexibility index (Phi) is 5.03. The van der Waals surface area contributed by atoms with E-state index < -0.39 is 32.3 Å². The van der Waals surface area contributed by atoms with E-state index in [9.17, 15) is 26.7 Å². The van der Waals surface area contributed by atoms with Gasteiger partial charge in [0.2, 0.25) is 10.0 Å². The van der Waals surface area contributed by atoms with Crippen LogP contribution in [0.25, 0.3) is 0 Å². The summed E-state index contributed by atoms with van der Waals surface area (Å²) in [5.41, 5.74) is -2.08. The molecule has 4 nitrogen and oxygen atoms in total. The van der Waals surface area contributed by atoms with Crippen LogP contribution in [0, 0.1) is 0 Å². The number of hydrogen-bond donors (Lipinski definition) is 2. The zero-order chi connectivity index (χ0) is 18.0. The smallest absolute Gasteiger partial charge is 0.384 e. The summed E-state index contributed by atoms with van der Waals surface area (Å²) in [7, 11) is -4.19. The van der Waals surface area contributed by atoms with Crippen LogP contribution in [0.4, 0.5) is 13.2 Å². The standard InChI is InChI=1S/C16H16F3NO3S/c1-15(21,12-6-3-2-4-7-12)11-20-24(22,23)14-9-5-8-13(10-14)16(17,18)19/h2-10,20-21H,11H2,1H3. The van der Waals surface area contributed by atoms with Gasteiger partial charge in [-0.15, -0.1) is 0 Å². The molecule has 2 rings (SSSR count). The van der Waals surface area contributed by atoms with Gasteiger partial charge >= 0.3 is 6.18 Å². The van der Waals surface area contributed by atoms with Crippen LogP contribution >= 0.6 is 0 Å². The number of rotatable bonds is 5. The van der Waals surface area contributed by atoms with Gasteiger partial charge in [-0.2, -0.15) is 13.2 Å². The van der Waals surface area contributed by atoms with Crippen LogP contribution < -0.4 is 4.72 Å². The molecule has 0 spiro atoms. The molecule has 0 heterocycles. The Morgan fingerprint density at radius 3 is 2.17 bits per heavy atom. The maximum atomic E-state index is 12.7. The highest BCUT2D eigenvalue weighted by atomic mass is 32.2. The molecule has 0 radical (unpaired) electrons. The molecule has 130 valence electrons. The van der Waals surface area contributed by atoms with Crippen molar-refractivity contribution in [1.82, 2.24) is 4.72 Å². The lowest BCUT2D eigenvalue weighted by Crippen LogP contribution is -2.38. The molecule has 0 saturated carbocycles. The van der Waals surface area contributed by atoms with Gasteiger partial charge in [-0.1, -0.05) is 36.4 Å². The summed E-state index contributed by atoms with van der Waals surface area (Å²) in [6.45, 7) is 1.03. The second-order valence-electron chi connectivity index (χ2n) is 5.49. The van der Waals surface area contributed by atoms with E-state index in [2.05, 4.69) is 4.72 Å². The monoisotopic (exact) mass is 359 g/mol. The fourth-order valence-electron chi connectivity index (χ4n) is 2.06. The second-order valence-corrected chi connectivity index (χ2v) is 7.26. The summed E-state index contributed by atoms with van der Waals surface area (Å²) in [6, 6.07) is 11.8. The summed E-state index contributed by atoms with van der Waals surface area (Å²) in [5, 5.41) is 10.4. The Hall–Kier alpha value is -1.90. The van der Waals surface area contributed by atoms with E-state index in [0.717, 1.165) is 18.2 Å². The van der Waals surface area contributed by atoms with Gasteiger partial charge < -0.3 is 5.11 Å². The molecular formula is C16H16F3NO3S. The molecule has 0 saturated heterocycles. The molecule has 0 aliphatic rings. The predicted octanol–water partition coefficient (Wildman–Crippen LogP) is 2.89. The minimum Gasteiger partial charge on any atom is -0.384 e. The summed E-state index contributed by atoms with van der Waals surface area (Å²) in [5.74, 6) is 0. The van der Waals surface area contributed by atoms with Crippen molar-refractivity contribution in [1.29, 1.82) is 0 Å². The Balaban J connectivity index is 2.20. The summed E-state index contributed by atoms with van der Waals surface area (Å²) in [4.78, 5) is -0.513. The Bertz CT molecular complexity index is 803. The maximum Gasteiger partial charge on any atom is 0.416 e. The highest BCUT2D eigenvalue weighted by molar-refractivity contribution is 7.89. The van der Waals surface area contributed by atoms with Crippen LogP contribution in [0.15, 0.2) is 59.5 Å². The molecule has 0 amide bonds. The zero-order valence-corrected chi connectivity index (χ0v) is 13.5. The van der Waals surface area contributed by atoms with Crippen LogP contribution in [0.2, 0.25) is 0 Å². The molecule has 0 bridgehead atoms. The van der Waals surface area contributed by atoms with E-state index in [4.69, 9.17) is 0 Å². The highest BCUT2D eigenvalue weighted by Crippen LogP contribution is 2.30. The van der Waals surface area contributed by atoms with Crippen molar-refractivity contribution in [2.45, 2.75) is 23.6 Å². The van der Waals surface area contributed by atoms with Crippen molar-refractivity contribution in [2.75, 3.05) is 6.54 Å².